The standard InChI is InChI=1S/C51H30N4OS/c56-50-45-46(34-25-23-32(24-26-34)31-13-3-1-4-14-31)52-51(53-47(45)39-20-9-11-21-41(39)54(50)35-16-5-2-6-17-35)55-42-30-27-33-15-7-8-18-36(33)44(42)40-29-28-38-37-19-10-12-22-43(37)57-49(38)48(40)55/h1-30H. The van der Waals surface area contributed by atoms with Crippen molar-refractivity contribution >= 4 is 85.9 Å². The Morgan fingerprint density at radius 1 is 0.439 bits per heavy atom. The Bertz CT molecular complexity index is 3640. The zero-order valence-corrected chi connectivity index (χ0v) is 31.2. The van der Waals surface area contributed by atoms with Crippen molar-refractivity contribution in [3.8, 4) is 34.0 Å². The topological polar surface area (TPSA) is 52.7 Å². The number of hydrogen-bond donors (Lipinski definition) is 0. The molecule has 8 aromatic carbocycles. The largest absolute Gasteiger partial charge is 0.276 e. The predicted molar refractivity (Wildman–Crippen MR) is 238 cm³/mol. The van der Waals surface area contributed by atoms with E-state index < -0.39 is 0 Å². The van der Waals surface area contributed by atoms with E-state index in [4.69, 9.17) is 9.97 Å². The number of para-hydroxylation sites is 2. The summed E-state index contributed by atoms with van der Waals surface area (Å²) in [4.78, 5) is 26.1. The molecule has 12 aromatic rings. The van der Waals surface area contributed by atoms with Gasteiger partial charge in [0.25, 0.3) is 5.56 Å². The number of aromatic nitrogens is 4. The molecule has 0 saturated heterocycles. The summed E-state index contributed by atoms with van der Waals surface area (Å²) in [5.41, 5.74) is 7.76. The first-order valence-electron chi connectivity index (χ1n) is 19.0. The van der Waals surface area contributed by atoms with Crippen LogP contribution in [0.25, 0.3) is 109 Å². The van der Waals surface area contributed by atoms with Crippen molar-refractivity contribution in [2.45, 2.75) is 0 Å². The minimum Gasteiger partial charge on any atom is -0.276 e. The Balaban J connectivity index is 1.26. The van der Waals surface area contributed by atoms with Gasteiger partial charge in [-0.15, -0.1) is 11.3 Å². The highest BCUT2D eigenvalue weighted by Crippen LogP contribution is 2.45. The van der Waals surface area contributed by atoms with E-state index in [1.807, 2.05) is 66.7 Å². The third kappa shape index (κ3) is 4.71. The average molecular weight is 747 g/mol. The molecule has 57 heavy (non-hydrogen) atoms. The summed E-state index contributed by atoms with van der Waals surface area (Å²) in [6, 6.07) is 62.8. The minimum atomic E-state index is -0.163. The molecule has 4 aromatic heterocycles. The molecular weight excluding hydrogens is 717 g/mol. The lowest BCUT2D eigenvalue weighted by atomic mass is 10.0. The van der Waals surface area contributed by atoms with Crippen molar-refractivity contribution in [3.63, 3.8) is 0 Å². The molecule has 0 fully saturated rings. The van der Waals surface area contributed by atoms with Crippen LogP contribution in [0.1, 0.15) is 0 Å². The van der Waals surface area contributed by atoms with Gasteiger partial charge in [-0.2, -0.15) is 0 Å². The van der Waals surface area contributed by atoms with Crippen LogP contribution in [0.4, 0.5) is 0 Å². The maximum atomic E-state index is 15.1. The summed E-state index contributed by atoms with van der Waals surface area (Å²) < 4.78 is 6.45. The van der Waals surface area contributed by atoms with Crippen LogP contribution in [0.2, 0.25) is 0 Å². The lowest BCUT2D eigenvalue weighted by Gasteiger charge is -2.17. The fourth-order valence-electron chi connectivity index (χ4n) is 8.79. The van der Waals surface area contributed by atoms with E-state index in [1.54, 1.807) is 15.9 Å². The smallest absolute Gasteiger partial charge is 0.267 e. The van der Waals surface area contributed by atoms with E-state index in [0.717, 1.165) is 55.1 Å². The molecule has 0 aliphatic rings. The fraction of sp³-hybridized carbons (Fsp3) is 0. The van der Waals surface area contributed by atoms with Gasteiger partial charge >= 0.3 is 0 Å². The van der Waals surface area contributed by atoms with E-state index in [9.17, 15) is 0 Å². The van der Waals surface area contributed by atoms with Crippen LogP contribution in [0.5, 0.6) is 0 Å². The lowest BCUT2D eigenvalue weighted by Crippen LogP contribution is -2.21. The Morgan fingerprint density at radius 2 is 1.09 bits per heavy atom. The second-order valence-electron chi connectivity index (χ2n) is 14.5. The predicted octanol–water partition coefficient (Wildman–Crippen LogP) is 12.9. The number of fused-ring (bicyclic) bond motifs is 12. The van der Waals surface area contributed by atoms with Crippen LogP contribution in [0, 0.1) is 0 Å². The Labute approximate surface area is 330 Å². The maximum absolute atomic E-state index is 15.1. The molecule has 4 heterocycles. The number of hydrogen-bond acceptors (Lipinski definition) is 4. The molecule has 6 heteroatoms. The molecule has 0 unspecified atom stereocenters. The van der Waals surface area contributed by atoms with Gasteiger partial charge in [0.15, 0.2) is 0 Å². The Hall–Kier alpha value is -7.41. The molecule has 0 aliphatic heterocycles. The zero-order chi connectivity index (χ0) is 37.6. The molecular formula is C51H30N4OS. The van der Waals surface area contributed by atoms with Gasteiger partial charge in [0.2, 0.25) is 5.95 Å². The zero-order valence-electron chi connectivity index (χ0n) is 30.4. The SMILES string of the molecule is O=c1c2c(-c3ccc(-c4ccccc4)cc3)nc(-n3c4ccc5ccccc5c4c4ccc5c6ccccc6sc5c43)nc2c2ccccc2n1-c1ccccc1. The quantitative estimate of drug-likeness (QED) is 0.169. The fourth-order valence-corrected chi connectivity index (χ4v) is 10.0. The highest BCUT2D eigenvalue weighted by Gasteiger charge is 2.25. The van der Waals surface area contributed by atoms with E-state index in [1.165, 1.54) is 30.9 Å². The first-order chi connectivity index (χ1) is 28.2. The molecule has 0 aliphatic carbocycles. The molecule has 266 valence electrons. The van der Waals surface area contributed by atoms with Gasteiger partial charge in [-0.1, -0.05) is 152 Å². The molecule has 0 bridgehead atoms. The van der Waals surface area contributed by atoms with E-state index >= 15 is 4.79 Å². The molecule has 0 saturated carbocycles. The number of benzene rings is 8. The van der Waals surface area contributed by atoms with Crippen LogP contribution < -0.4 is 5.56 Å². The van der Waals surface area contributed by atoms with Crippen molar-refractivity contribution in [1.82, 2.24) is 19.1 Å². The lowest BCUT2D eigenvalue weighted by molar-refractivity contribution is 1.01. The van der Waals surface area contributed by atoms with Gasteiger partial charge in [-0.05, 0) is 52.2 Å². The molecule has 0 N–H and O–H groups in total. The van der Waals surface area contributed by atoms with E-state index in [2.05, 4.69) is 120 Å². The molecule has 0 radical (unpaired) electrons. The van der Waals surface area contributed by atoms with Crippen molar-refractivity contribution in [3.05, 3.63) is 192 Å². The van der Waals surface area contributed by atoms with Crippen LogP contribution in [0.15, 0.2) is 187 Å². The third-order valence-electron chi connectivity index (χ3n) is 11.4. The van der Waals surface area contributed by atoms with Crippen molar-refractivity contribution in [1.29, 1.82) is 0 Å². The van der Waals surface area contributed by atoms with Crippen LogP contribution >= 0.6 is 11.3 Å². The summed E-state index contributed by atoms with van der Waals surface area (Å²) in [6.07, 6.45) is 0. The maximum Gasteiger partial charge on any atom is 0.267 e. The van der Waals surface area contributed by atoms with Crippen molar-refractivity contribution in [2.75, 3.05) is 0 Å². The summed E-state index contributed by atoms with van der Waals surface area (Å²) >= 11 is 1.80. The average Bonchev–Trinajstić information content (AvgIpc) is 3.83. The third-order valence-corrected chi connectivity index (χ3v) is 12.5. The van der Waals surface area contributed by atoms with Gasteiger partial charge in [0, 0.05) is 42.9 Å². The van der Waals surface area contributed by atoms with Gasteiger partial charge in [0.05, 0.1) is 37.8 Å². The normalized spacial score (nSPS) is 11.9. The summed E-state index contributed by atoms with van der Waals surface area (Å²) in [7, 11) is 0. The monoisotopic (exact) mass is 746 g/mol. The van der Waals surface area contributed by atoms with Gasteiger partial charge in [0.1, 0.15) is 0 Å². The molecule has 0 spiro atoms. The van der Waals surface area contributed by atoms with Gasteiger partial charge in [-0.3, -0.25) is 13.9 Å². The summed E-state index contributed by atoms with van der Waals surface area (Å²) in [5.74, 6) is 0.520. The highest BCUT2D eigenvalue weighted by molar-refractivity contribution is 7.26. The number of nitrogens with zero attached hydrogens (tertiary/aromatic N) is 4. The molecule has 5 nitrogen and oxygen atoms in total. The van der Waals surface area contributed by atoms with Crippen molar-refractivity contribution < 1.29 is 0 Å². The number of thiophene rings is 1. The second-order valence-corrected chi connectivity index (χ2v) is 15.5. The first kappa shape index (κ1) is 31.9. The van der Waals surface area contributed by atoms with E-state index in [-0.39, 0.29) is 5.56 Å². The Morgan fingerprint density at radius 3 is 1.91 bits per heavy atom. The van der Waals surface area contributed by atoms with Gasteiger partial charge in [-0.25, -0.2) is 9.97 Å². The number of rotatable bonds is 4. The van der Waals surface area contributed by atoms with Crippen LogP contribution in [-0.2, 0) is 0 Å². The first-order valence-corrected chi connectivity index (χ1v) is 19.9. The van der Waals surface area contributed by atoms with Crippen LogP contribution in [-0.4, -0.2) is 19.1 Å². The summed E-state index contributed by atoms with van der Waals surface area (Å²) in [6.45, 7) is 0. The minimum absolute atomic E-state index is 0.163. The summed E-state index contributed by atoms with van der Waals surface area (Å²) in [5, 5.41) is 8.43. The van der Waals surface area contributed by atoms with Crippen LogP contribution in [0.3, 0.4) is 0 Å². The Kier molecular flexibility index (Phi) is 6.88. The molecule has 0 amide bonds. The van der Waals surface area contributed by atoms with Gasteiger partial charge < -0.3 is 0 Å². The van der Waals surface area contributed by atoms with Crippen molar-refractivity contribution in [2.24, 2.45) is 0 Å². The highest BCUT2D eigenvalue weighted by atomic mass is 32.1. The second kappa shape index (κ2) is 12.3. The number of pyridine rings is 1. The van der Waals surface area contributed by atoms with E-state index in [0.29, 0.717) is 22.5 Å². The molecule has 0 atom stereocenters. The molecule has 12 rings (SSSR count).